The molecule has 0 aliphatic carbocycles. The highest BCUT2D eigenvalue weighted by Crippen LogP contribution is 2.25. The molecular formula is C23H25FN2O3. The number of hydrogen-bond acceptors (Lipinski definition) is 3. The number of rotatable bonds is 7. The maximum atomic E-state index is 13.0. The van der Waals surface area contributed by atoms with Gasteiger partial charge in [0.15, 0.2) is 0 Å². The molecule has 2 aromatic carbocycles. The molecule has 3 aromatic rings. The molecule has 152 valence electrons. The monoisotopic (exact) mass is 396 g/mol. The van der Waals surface area contributed by atoms with E-state index >= 15 is 0 Å². The lowest BCUT2D eigenvalue weighted by Gasteiger charge is -2.13. The van der Waals surface area contributed by atoms with Crippen LogP contribution in [0.2, 0.25) is 0 Å². The predicted octanol–water partition coefficient (Wildman–Crippen LogP) is 3.52. The fourth-order valence-corrected chi connectivity index (χ4v) is 3.37. The number of methoxy groups -OCH3 is 1. The molecule has 3 rings (SSSR count). The number of ether oxygens (including phenoxy) is 1. The standard InChI is InChI=1S/C23H25FN2O3/c1-14-4-9-20(29-3)21-19(14)13-17(23(28)26-21)10-11-25-22(27)15(2)12-16-5-7-18(24)8-6-16/h4-9,13,15H,10-12H2,1-3H3,(H,25,27)(H,26,28). The van der Waals surface area contributed by atoms with Gasteiger partial charge in [-0.05, 0) is 55.2 Å². The second-order valence-corrected chi connectivity index (χ2v) is 7.27. The summed E-state index contributed by atoms with van der Waals surface area (Å²) in [6.45, 7) is 4.17. The number of aryl methyl sites for hydroxylation is 1. The number of H-pyrrole nitrogens is 1. The van der Waals surface area contributed by atoms with Crippen LogP contribution in [0.5, 0.6) is 5.75 Å². The third kappa shape index (κ3) is 4.83. The van der Waals surface area contributed by atoms with Crippen molar-refractivity contribution >= 4 is 16.8 Å². The number of benzene rings is 2. The minimum Gasteiger partial charge on any atom is -0.495 e. The number of amides is 1. The molecule has 0 spiro atoms. The summed E-state index contributed by atoms with van der Waals surface area (Å²) >= 11 is 0. The molecule has 1 aromatic heterocycles. The van der Waals surface area contributed by atoms with Crippen LogP contribution in [-0.2, 0) is 17.6 Å². The number of nitrogens with one attached hydrogen (secondary N) is 2. The fourth-order valence-electron chi connectivity index (χ4n) is 3.37. The maximum absolute atomic E-state index is 13.0. The highest BCUT2D eigenvalue weighted by Gasteiger charge is 2.14. The topological polar surface area (TPSA) is 71.2 Å². The largest absolute Gasteiger partial charge is 0.495 e. The van der Waals surface area contributed by atoms with Crippen LogP contribution < -0.4 is 15.6 Å². The zero-order valence-corrected chi connectivity index (χ0v) is 16.8. The molecule has 1 heterocycles. The van der Waals surface area contributed by atoms with Crippen LogP contribution in [0.25, 0.3) is 10.9 Å². The summed E-state index contributed by atoms with van der Waals surface area (Å²) in [5, 5.41) is 3.81. The average Bonchev–Trinajstić information content (AvgIpc) is 2.70. The Kier molecular flexibility index (Phi) is 6.32. The maximum Gasteiger partial charge on any atom is 0.251 e. The van der Waals surface area contributed by atoms with Gasteiger partial charge in [0.2, 0.25) is 5.91 Å². The van der Waals surface area contributed by atoms with E-state index in [1.807, 2.05) is 32.0 Å². The lowest BCUT2D eigenvalue weighted by Crippen LogP contribution is -2.32. The number of fused-ring (bicyclic) bond motifs is 1. The van der Waals surface area contributed by atoms with E-state index in [1.165, 1.54) is 12.1 Å². The first-order valence-electron chi connectivity index (χ1n) is 9.60. The van der Waals surface area contributed by atoms with Crippen molar-refractivity contribution in [1.82, 2.24) is 10.3 Å². The number of aromatic amines is 1. The van der Waals surface area contributed by atoms with Gasteiger partial charge in [-0.2, -0.15) is 0 Å². The van der Waals surface area contributed by atoms with Crippen molar-refractivity contribution in [3.05, 3.63) is 75.3 Å². The summed E-state index contributed by atoms with van der Waals surface area (Å²) in [6, 6.07) is 11.8. The van der Waals surface area contributed by atoms with Crippen molar-refractivity contribution in [3.8, 4) is 5.75 Å². The van der Waals surface area contributed by atoms with Crippen molar-refractivity contribution in [2.75, 3.05) is 13.7 Å². The van der Waals surface area contributed by atoms with Gasteiger partial charge in [0.25, 0.3) is 5.56 Å². The summed E-state index contributed by atoms with van der Waals surface area (Å²) in [4.78, 5) is 27.7. The Bertz CT molecular complexity index is 1070. The van der Waals surface area contributed by atoms with E-state index in [4.69, 9.17) is 4.74 Å². The molecule has 1 amide bonds. The van der Waals surface area contributed by atoms with Gasteiger partial charge in [-0.25, -0.2) is 4.39 Å². The van der Waals surface area contributed by atoms with Crippen LogP contribution in [0.3, 0.4) is 0 Å². The Labute approximate surface area is 168 Å². The van der Waals surface area contributed by atoms with E-state index in [-0.39, 0.29) is 23.2 Å². The molecule has 0 aliphatic rings. The minimum atomic E-state index is -0.292. The SMILES string of the molecule is COc1ccc(C)c2cc(CCNC(=O)C(C)Cc3ccc(F)cc3)c(=O)[nH]c12. The molecule has 0 saturated carbocycles. The molecule has 0 radical (unpaired) electrons. The normalized spacial score (nSPS) is 12.0. The van der Waals surface area contributed by atoms with E-state index in [2.05, 4.69) is 10.3 Å². The Balaban J connectivity index is 1.63. The Morgan fingerprint density at radius 1 is 1.21 bits per heavy atom. The van der Waals surface area contributed by atoms with Crippen molar-refractivity contribution < 1.29 is 13.9 Å². The molecule has 6 heteroatoms. The van der Waals surface area contributed by atoms with E-state index in [1.54, 1.807) is 19.2 Å². The van der Waals surface area contributed by atoms with Crippen molar-refractivity contribution in [3.63, 3.8) is 0 Å². The summed E-state index contributed by atoms with van der Waals surface area (Å²) in [6.07, 6.45) is 0.957. The molecule has 2 N–H and O–H groups in total. The van der Waals surface area contributed by atoms with Crippen LogP contribution in [0.15, 0.2) is 47.3 Å². The molecule has 0 saturated heterocycles. The Morgan fingerprint density at radius 2 is 1.93 bits per heavy atom. The summed E-state index contributed by atoms with van der Waals surface area (Å²) in [5.74, 6) is -0.0114. The lowest BCUT2D eigenvalue weighted by molar-refractivity contribution is -0.124. The number of aromatic nitrogens is 1. The summed E-state index contributed by atoms with van der Waals surface area (Å²) in [7, 11) is 1.57. The minimum absolute atomic E-state index is 0.0932. The molecule has 0 aliphatic heterocycles. The highest BCUT2D eigenvalue weighted by molar-refractivity contribution is 5.87. The molecule has 0 bridgehead atoms. The first kappa shape index (κ1) is 20.6. The van der Waals surface area contributed by atoms with Gasteiger partial charge in [0.1, 0.15) is 11.6 Å². The van der Waals surface area contributed by atoms with Gasteiger partial charge < -0.3 is 15.0 Å². The highest BCUT2D eigenvalue weighted by atomic mass is 19.1. The summed E-state index contributed by atoms with van der Waals surface area (Å²) in [5.41, 5.74) is 3.05. The van der Waals surface area contributed by atoms with Gasteiger partial charge in [0.05, 0.1) is 12.6 Å². The van der Waals surface area contributed by atoms with Crippen LogP contribution in [0.4, 0.5) is 4.39 Å². The molecule has 1 atom stereocenters. The zero-order chi connectivity index (χ0) is 21.0. The lowest BCUT2D eigenvalue weighted by atomic mass is 10.0. The second-order valence-electron chi connectivity index (χ2n) is 7.27. The van der Waals surface area contributed by atoms with Crippen LogP contribution in [0, 0.1) is 18.7 Å². The summed E-state index contributed by atoms with van der Waals surface area (Å²) < 4.78 is 18.3. The van der Waals surface area contributed by atoms with E-state index in [0.29, 0.717) is 36.2 Å². The second kappa shape index (κ2) is 8.90. The number of halogens is 1. The molecule has 5 nitrogen and oxygen atoms in total. The van der Waals surface area contributed by atoms with Crippen molar-refractivity contribution in [1.29, 1.82) is 0 Å². The van der Waals surface area contributed by atoms with Crippen LogP contribution in [0.1, 0.15) is 23.6 Å². The third-order valence-corrected chi connectivity index (χ3v) is 5.09. The molecule has 1 unspecified atom stereocenters. The number of hydrogen-bond donors (Lipinski definition) is 2. The third-order valence-electron chi connectivity index (χ3n) is 5.09. The van der Waals surface area contributed by atoms with Crippen LogP contribution >= 0.6 is 0 Å². The average molecular weight is 396 g/mol. The number of pyridine rings is 1. The van der Waals surface area contributed by atoms with Gasteiger partial charge in [-0.1, -0.05) is 25.1 Å². The van der Waals surface area contributed by atoms with Crippen LogP contribution in [-0.4, -0.2) is 24.5 Å². The Hall–Kier alpha value is -3.15. The number of carbonyl (C=O) groups is 1. The fraction of sp³-hybridized carbons (Fsp3) is 0.304. The van der Waals surface area contributed by atoms with E-state index in [0.717, 1.165) is 16.5 Å². The Morgan fingerprint density at radius 3 is 2.62 bits per heavy atom. The van der Waals surface area contributed by atoms with Crippen molar-refractivity contribution in [2.24, 2.45) is 5.92 Å². The first-order valence-corrected chi connectivity index (χ1v) is 9.60. The van der Waals surface area contributed by atoms with Gasteiger partial charge in [-0.15, -0.1) is 0 Å². The van der Waals surface area contributed by atoms with E-state index in [9.17, 15) is 14.0 Å². The quantitative estimate of drug-likeness (QED) is 0.642. The van der Waals surface area contributed by atoms with Gasteiger partial charge in [-0.3, -0.25) is 9.59 Å². The smallest absolute Gasteiger partial charge is 0.251 e. The molecule has 0 fully saturated rings. The van der Waals surface area contributed by atoms with Crippen molar-refractivity contribution in [2.45, 2.75) is 26.7 Å². The number of carbonyl (C=O) groups excluding carboxylic acids is 1. The molecular weight excluding hydrogens is 371 g/mol. The first-order chi connectivity index (χ1) is 13.9. The van der Waals surface area contributed by atoms with Gasteiger partial charge >= 0.3 is 0 Å². The van der Waals surface area contributed by atoms with E-state index < -0.39 is 0 Å². The van der Waals surface area contributed by atoms with Gasteiger partial charge in [0, 0.05) is 23.4 Å². The zero-order valence-electron chi connectivity index (χ0n) is 16.8. The molecule has 29 heavy (non-hydrogen) atoms. The predicted molar refractivity (Wildman–Crippen MR) is 112 cm³/mol.